The number of rotatable bonds is 6. The Labute approximate surface area is 95.3 Å². The quantitative estimate of drug-likeness (QED) is 0.675. The van der Waals surface area contributed by atoms with Gasteiger partial charge in [-0.3, -0.25) is 4.98 Å². The van der Waals surface area contributed by atoms with E-state index < -0.39 is 0 Å². The Balaban J connectivity index is 1.99. The molecule has 88 valence electrons. The maximum absolute atomic E-state index is 9.20. The molecule has 1 aromatic heterocycles. The minimum Gasteiger partial charge on any atom is -0.394 e. The number of aromatic nitrogens is 2. The van der Waals surface area contributed by atoms with Crippen molar-refractivity contribution in [3.05, 3.63) is 12.4 Å². The average Bonchev–Trinajstić information content (AvgIpc) is 3.07. The van der Waals surface area contributed by atoms with Crippen LogP contribution in [0.15, 0.2) is 12.4 Å². The van der Waals surface area contributed by atoms with E-state index in [-0.39, 0.29) is 12.1 Å². The zero-order valence-corrected chi connectivity index (χ0v) is 9.53. The van der Waals surface area contributed by atoms with E-state index in [1.807, 2.05) is 0 Å². The molecule has 1 aromatic rings. The van der Waals surface area contributed by atoms with E-state index in [2.05, 4.69) is 27.5 Å². The van der Waals surface area contributed by atoms with Crippen molar-refractivity contribution >= 4 is 11.6 Å². The van der Waals surface area contributed by atoms with Crippen molar-refractivity contribution < 1.29 is 5.11 Å². The van der Waals surface area contributed by atoms with Crippen molar-refractivity contribution in [3.63, 3.8) is 0 Å². The predicted molar refractivity (Wildman–Crippen MR) is 63.5 cm³/mol. The SMILES string of the molecule is CCCNc1cncc(NC2(CO)CC2)n1. The molecule has 3 N–H and O–H groups in total. The third-order valence-corrected chi connectivity index (χ3v) is 2.74. The standard InChI is InChI=1S/C11H18N4O/c1-2-5-13-9-6-12-7-10(14-9)15-11(8-16)3-4-11/h6-7,16H,2-5,8H2,1H3,(H2,13,14,15). The largest absolute Gasteiger partial charge is 0.394 e. The third kappa shape index (κ3) is 2.61. The van der Waals surface area contributed by atoms with Crippen molar-refractivity contribution in [2.45, 2.75) is 31.7 Å². The molecule has 1 saturated carbocycles. The lowest BCUT2D eigenvalue weighted by molar-refractivity contribution is 0.266. The minimum absolute atomic E-state index is 0.141. The summed E-state index contributed by atoms with van der Waals surface area (Å²) in [6.07, 6.45) is 6.45. The van der Waals surface area contributed by atoms with Crippen molar-refractivity contribution in [2.24, 2.45) is 0 Å². The van der Waals surface area contributed by atoms with E-state index >= 15 is 0 Å². The highest BCUT2D eigenvalue weighted by atomic mass is 16.3. The second-order valence-corrected chi connectivity index (χ2v) is 4.28. The van der Waals surface area contributed by atoms with E-state index in [9.17, 15) is 5.11 Å². The van der Waals surface area contributed by atoms with Crippen LogP contribution in [0.5, 0.6) is 0 Å². The van der Waals surface area contributed by atoms with Crippen LogP contribution in [0.4, 0.5) is 11.6 Å². The van der Waals surface area contributed by atoms with Gasteiger partial charge in [0.15, 0.2) is 0 Å². The van der Waals surface area contributed by atoms with Crippen LogP contribution in [0, 0.1) is 0 Å². The summed E-state index contributed by atoms with van der Waals surface area (Å²) in [6, 6.07) is 0. The number of nitrogens with zero attached hydrogens (tertiary/aromatic N) is 2. The lowest BCUT2D eigenvalue weighted by Crippen LogP contribution is -2.26. The molecule has 0 amide bonds. The number of anilines is 2. The lowest BCUT2D eigenvalue weighted by atomic mass is 10.3. The van der Waals surface area contributed by atoms with Crippen LogP contribution in [0.1, 0.15) is 26.2 Å². The minimum atomic E-state index is -0.141. The van der Waals surface area contributed by atoms with Crippen molar-refractivity contribution in [2.75, 3.05) is 23.8 Å². The van der Waals surface area contributed by atoms with Gasteiger partial charge in [-0.05, 0) is 19.3 Å². The fraction of sp³-hybridized carbons (Fsp3) is 0.636. The van der Waals surface area contributed by atoms with Crippen LogP contribution in [-0.2, 0) is 0 Å². The van der Waals surface area contributed by atoms with Gasteiger partial charge in [0.05, 0.1) is 24.5 Å². The van der Waals surface area contributed by atoms with Crippen LogP contribution in [0.25, 0.3) is 0 Å². The predicted octanol–water partition coefficient (Wildman–Crippen LogP) is 1.24. The molecule has 0 aliphatic heterocycles. The molecule has 0 saturated heterocycles. The molecule has 2 rings (SSSR count). The Bertz CT molecular complexity index is 352. The van der Waals surface area contributed by atoms with Crippen LogP contribution in [0.3, 0.4) is 0 Å². The Morgan fingerprint density at radius 2 is 2.12 bits per heavy atom. The van der Waals surface area contributed by atoms with Gasteiger partial charge in [0.1, 0.15) is 11.6 Å². The summed E-state index contributed by atoms with van der Waals surface area (Å²) in [5.74, 6) is 1.51. The molecule has 5 nitrogen and oxygen atoms in total. The summed E-state index contributed by atoms with van der Waals surface area (Å²) in [5, 5.41) is 15.6. The summed E-state index contributed by atoms with van der Waals surface area (Å²) >= 11 is 0. The number of hydrogen-bond acceptors (Lipinski definition) is 5. The fourth-order valence-electron chi connectivity index (χ4n) is 1.51. The first-order valence-corrected chi connectivity index (χ1v) is 5.73. The smallest absolute Gasteiger partial charge is 0.147 e. The summed E-state index contributed by atoms with van der Waals surface area (Å²) < 4.78 is 0. The van der Waals surface area contributed by atoms with Gasteiger partial charge in [0, 0.05) is 6.54 Å². The third-order valence-electron chi connectivity index (χ3n) is 2.74. The van der Waals surface area contributed by atoms with Crippen molar-refractivity contribution in [1.82, 2.24) is 9.97 Å². The molecule has 1 fully saturated rings. The van der Waals surface area contributed by atoms with E-state index in [1.54, 1.807) is 12.4 Å². The van der Waals surface area contributed by atoms with E-state index in [4.69, 9.17) is 0 Å². The van der Waals surface area contributed by atoms with Crippen LogP contribution in [-0.4, -0.2) is 33.8 Å². The molecule has 0 atom stereocenters. The maximum atomic E-state index is 9.20. The van der Waals surface area contributed by atoms with Crippen LogP contribution >= 0.6 is 0 Å². The summed E-state index contributed by atoms with van der Waals surface area (Å²) in [5.41, 5.74) is -0.141. The second kappa shape index (κ2) is 4.65. The van der Waals surface area contributed by atoms with Gasteiger partial charge in [-0.1, -0.05) is 6.92 Å². The molecule has 0 aromatic carbocycles. The number of aliphatic hydroxyl groups excluding tert-OH is 1. The van der Waals surface area contributed by atoms with Crippen molar-refractivity contribution in [1.29, 1.82) is 0 Å². The topological polar surface area (TPSA) is 70.1 Å². The Kier molecular flexibility index (Phi) is 3.24. The molecule has 5 heteroatoms. The monoisotopic (exact) mass is 222 g/mol. The van der Waals surface area contributed by atoms with Crippen molar-refractivity contribution in [3.8, 4) is 0 Å². The zero-order chi connectivity index (χ0) is 11.4. The number of hydrogen-bond donors (Lipinski definition) is 3. The molecule has 1 aliphatic carbocycles. The molecule has 0 spiro atoms. The van der Waals surface area contributed by atoms with E-state index in [1.165, 1.54) is 0 Å². The molecule has 0 radical (unpaired) electrons. The molecule has 0 bridgehead atoms. The number of aliphatic hydroxyl groups is 1. The highest BCUT2D eigenvalue weighted by molar-refractivity contribution is 5.44. The normalized spacial score (nSPS) is 16.9. The van der Waals surface area contributed by atoms with Gasteiger partial charge in [-0.15, -0.1) is 0 Å². The van der Waals surface area contributed by atoms with Gasteiger partial charge in [-0.25, -0.2) is 4.98 Å². The summed E-state index contributed by atoms with van der Waals surface area (Å²) in [4.78, 5) is 8.50. The van der Waals surface area contributed by atoms with Gasteiger partial charge < -0.3 is 15.7 Å². The molecular weight excluding hydrogens is 204 g/mol. The van der Waals surface area contributed by atoms with Gasteiger partial charge in [-0.2, -0.15) is 0 Å². The fourth-order valence-corrected chi connectivity index (χ4v) is 1.51. The molecule has 1 aliphatic rings. The maximum Gasteiger partial charge on any atom is 0.147 e. The Hall–Kier alpha value is -1.36. The highest BCUT2D eigenvalue weighted by Gasteiger charge is 2.42. The first kappa shape index (κ1) is 11.1. The molecule has 1 heterocycles. The molecule has 16 heavy (non-hydrogen) atoms. The first-order valence-electron chi connectivity index (χ1n) is 5.73. The van der Waals surface area contributed by atoms with E-state index in [0.29, 0.717) is 0 Å². The first-order chi connectivity index (χ1) is 7.78. The van der Waals surface area contributed by atoms with Gasteiger partial charge in [0.2, 0.25) is 0 Å². The van der Waals surface area contributed by atoms with Crippen LogP contribution < -0.4 is 10.6 Å². The summed E-state index contributed by atoms with van der Waals surface area (Å²) in [6.45, 7) is 3.15. The highest BCUT2D eigenvalue weighted by Crippen LogP contribution is 2.37. The Morgan fingerprint density at radius 1 is 1.38 bits per heavy atom. The van der Waals surface area contributed by atoms with E-state index in [0.717, 1.165) is 37.4 Å². The van der Waals surface area contributed by atoms with Gasteiger partial charge in [0.25, 0.3) is 0 Å². The average molecular weight is 222 g/mol. The summed E-state index contributed by atoms with van der Waals surface area (Å²) in [7, 11) is 0. The molecule has 0 unspecified atom stereocenters. The lowest BCUT2D eigenvalue weighted by Gasteiger charge is -2.15. The van der Waals surface area contributed by atoms with Gasteiger partial charge >= 0.3 is 0 Å². The van der Waals surface area contributed by atoms with Crippen LogP contribution in [0.2, 0.25) is 0 Å². The number of nitrogens with one attached hydrogen (secondary N) is 2. The zero-order valence-electron chi connectivity index (χ0n) is 9.53. The second-order valence-electron chi connectivity index (χ2n) is 4.28. The Morgan fingerprint density at radius 3 is 2.75 bits per heavy atom. The molecular formula is C11H18N4O.